The fourth-order valence-electron chi connectivity index (χ4n) is 0.804. The molecule has 0 saturated heterocycles. The molecule has 0 unspecified atom stereocenters. The van der Waals surface area contributed by atoms with Crippen LogP contribution < -0.4 is 0 Å². The molecule has 0 radical (unpaired) electrons. The fourth-order valence-corrected chi connectivity index (χ4v) is 0.804. The summed E-state index contributed by atoms with van der Waals surface area (Å²) < 4.78 is 31.1. The van der Waals surface area contributed by atoms with Crippen LogP contribution in [0.15, 0.2) is 61.3 Å². The molecule has 19 heavy (non-hydrogen) atoms. The third kappa shape index (κ3) is 18.7. The van der Waals surface area contributed by atoms with E-state index >= 15 is 0 Å². The summed E-state index contributed by atoms with van der Waals surface area (Å²) in [6.45, 7) is 12.6. The molecule has 0 aromatic carbocycles. The molecule has 0 aromatic rings. The molecule has 0 aromatic heterocycles. The van der Waals surface area contributed by atoms with Crippen LogP contribution in [0.2, 0.25) is 0 Å². The Kier molecular flexibility index (Phi) is 10.4. The van der Waals surface area contributed by atoms with Crippen LogP contribution >= 0.6 is 0 Å². The van der Waals surface area contributed by atoms with E-state index in [4.69, 9.17) is 0 Å². The van der Waals surface area contributed by atoms with Gasteiger partial charge >= 0.3 is 6.18 Å². The minimum atomic E-state index is -4.00. The van der Waals surface area contributed by atoms with Crippen LogP contribution in [0.3, 0.4) is 0 Å². The number of allylic oxidation sites excluding steroid dienone is 7. The van der Waals surface area contributed by atoms with E-state index in [0.717, 1.165) is 5.57 Å². The second-order valence-corrected chi connectivity index (χ2v) is 3.63. The second kappa shape index (κ2) is 10.1. The molecule has 106 valence electrons. The number of ketones is 1. The van der Waals surface area contributed by atoms with Gasteiger partial charge in [-0.05, 0) is 18.9 Å². The number of halogens is 3. The average Bonchev–Trinajstić information content (AvgIpc) is 2.26. The molecule has 0 fully saturated rings. The highest BCUT2D eigenvalue weighted by Crippen LogP contribution is 2.10. The molecule has 1 nitrogen and oxygen atoms in total. The summed E-state index contributed by atoms with van der Waals surface area (Å²) in [6.07, 6.45) is 5.43. The molecule has 0 aliphatic carbocycles. The highest BCUT2D eigenvalue weighted by atomic mass is 19.4. The number of rotatable bonds is 6. The van der Waals surface area contributed by atoms with Crippen molar-refractivity contribution < 1.29 is 18.0 Å². The smallest absolute Gasteiger partial charge is 0.295 e. The minimum Gasteiger partial charge on any atom is -0.295 e. The van der Waals surface area contributed by atoms with Crippen molar-refractivity contribution in [2.45, 2.75) is 26.4 Å². The van der Waals surface area contributed by atoms with Crippen molar-refractivity contribution in [1.82, 2.24) is 0 Å². The van der Waals surface area contributed by atoms with E-state index in [-0.39, 0.29) is 12.7 Å². The Morgan fingerprint density at radius 1 is 1.21 bits per heavy atom. The van der Waals surface area contributed by atoms with Gasteiger partial charge in [-0.3, -0.25) is 4.79 Å². The molecule has 0 rings (SSSR count). The van der Waals surface area contributed by atoms with Gasteiger partial charge in [0.2, 0.25) is 0 Å². The van der Waals surface area contributed by atoms with Crippen molar-refractivity contribution in [3.63, 3.8) is 0 Å². The lowest BCUT2D eigenvalue weighted by Crippen LogP contribution is -1.95. The lowest BCUT2D eigenvalue weighted by atomic mass is 10.1. The highest BCUT2D eigenvalue weighted by molar-refractivity contribution is 5.96. The maximum atomic E-state index is 11.1. The Balaban J connectivity index is 0. The summed E-state index contributed by atoms with van der Waals surface area (Å²) in [6, 6.07) is 0. The predicted molar refractivity (Wildman–Crippen MR) is 73.8 cm³/mol. The summed E-state index contributed by atoms with van der Waals surface area (Å²) in [7, 11) is 0. The Morgan fingerprint density at radius 3 is 2.00 bits per heavy atom. The lowest BCUT2D eigenvalue weighted by Gasteiger charge is -1.95. The van der Waals surface area contributed by atoms with Crippen LogP contribution in [0.4, 0.5) is 13.2 Å². The Labute approximate surface area is 112 Å². The molecular formula is C15H19F3O. The molecular weight excluding hydrogens is 253 g/mol. The summed E-state index contributed by atoms with van der Waals surface area (Å²) in [5.41, 5.74) is 1.46. The first-order chi connectivity index (χ1) is 8.61. The number of carbonyl (C=O) groups excluding carboxylic acids is 1. The first kappa shape index (κ1) is 19.5. The zero-order valence-corrected chi connectivity index (χ0v) is 11.3. The van der Waals surface area contributed by atoms with E-state index in [1.165, 1.54) is 6.92 Å². The quantitative estimate of drug-likeness (QED) is 0.380. The number of hydrogen-bond donors (Lipinski definition) is 0. The maximum absolute atomic E-state index is 11.1. The third-order valence-electron chi connectivity index (χ3n) is 1.65. The van der Waals surface area contributed by atoms with Gasteiger partial charge in [0.05, 0.1) is 0 Å². The maximum Gasteiger partial charge on any atom is 0.386 e. The zero-order valence-electron chi connectivity index (χ0n) is 11.3. The van der Waals surface area contributed by atoms with Crippen molar-refractivity contribution >= 4 is 5.78 Å². The summed E-state index contributed by atoms with van der Waals surface area (Å²) in [4.78, 5) is 11.1. The minimum absolute atomic E-state index is 0.0416. The van der Waals surface area contributed by atoms with E-state index < -0.39 is 6.18 Å². The van der Waals surface area contributed by atoms with Crippen molar-refractivity contribution in [3.8, 4) is 0 Å². The summed E-state index contributed by atoms with van der Waals surface area (Å²) >= 11 is 0. The third-order valence-corrected chi connectivity index (χ3v) is 1.65. The number of alkyl halides is 3. The van der Waals surface area contributed by atoms with Crippen LogP contribution in [0.25, 0.3) is 0 Å². The normalized spacial score (nSPS) is 11.5. The van der Waals surface area contributed by atoms with Gasteiger partial charge in [0.15, 0.2) is 5.78 Å². The topological polar surface area (TPSA) is 17.1 Å². The molecule has 0 bridgehead atoms. The first-order valence-electron chi connectivity index (χ1n) is 5.50. The predicted octanol–water partition coefficient (Wildman–Crippen LogP) is 4.94. The number of hydrogen-bond acceptors (Lipinski definition) is 1. The van der Waals surface area contributed by atoms with Gasteiger partial charge in [0.25, 0.3) is 0 Å². The standard InChI is InChI=1S/C13H16O.C2H3F3/c1-5-7-8-13(12(4)14)10-9-11(3)6-2;1-2(3,4)5/h5-6,8-10H,1-3,7H2,4H3;1H3/b10-9-,13-8+;. The van der Waals surface area contributed by atoms with Crippen molar-refractivity contribution in [2.75, 3.05) is 0 Å². The van der Waals surface area contributed by atoms with Gasteiger partial charge in [-0.15, -0.1) is 6.58 Å². The Hall–Kier alpha value is -1.84. The van der Waals surface area contributed by atoms with E-state index in [9.17, 15) is 18.0 Å². The second-order valence-electron chi connectivity index (χ2n) is 3.63. The van der Waals surface area contributed by atoms with Crippen LogP contribution in [-0.2, 0) is 4.79 Å². The SMILES string of the molecule is C=CC/C=C(\C=C/C(=C)C=C)C(C)=O.CC(F)(F)F. The average molecular weight is 272 g/mol. The van der Waals surface area contributed by atoms with E-state index in [1.54, 1.807) is 24.3 Å². The molecule has 4 heteroatoms. The number of Topliss-reactive ketones (excluding diaryl/α,β-unsaturated/α-hetero) is 1. The van der Waals surface area contributed by atoms with Crippen molar-refractivity contribution in [2.24, 2.45) is 0 Å². The molecule has 0 heterocycles. The Bertz CT molecular complexity index is 379. The van der Waals surface area contributed by atoms with Gasteiger partial charge in [-0.25, -0.2) is 0 Å². The van der Waals surface area contributed by atoms with Crippen molar-refractivity contribution in [3.05, 3.63) is 61.3 Å². The molecule has 0 saturated carbocycles. The van der Waals surface area contributed by atoms with Crippen molar-refractivity contribution in [1.29, 1.82) is 0 Å². The number of carbonyl (C=O) groups is 1. The van der Waals surface area contributed by atoms with Gasteiger partial charge < -0.3 is 0 Å². The molecule has 0 spiro atoms. The summed E-state index contributed by atoms with van der Waals surface area (Å²) in [5, 5.41) is 0. The largest absolute Gasteiger partial charge is 0.386 e. The Morgan fingerprint density at radius 2 is 1.68 bits per heavy atom. The van der Waals surface area contributed by atoms with Crippen LogP contribution in [0.1, 0.15) is 20.3 Å². The summed E-state index contributed by atoms with van der Waals surface area (Å²) in [5.74, 6) is 0.0416. The fraction of sp³-hybridized carbons (Fsp3) is 0.267. The molecule has 0 aliphatic heterocycles. The van der Waals surface area contributed by atoms with Crippen LogP contribution in [-0.4, -0.2) is 12.0 Å². The van der Waals surface area contributed by atoms with Gasteiger partial charge in [-0.1, -0.05) is 43.5 Å². The monoisotopic (exact) mass is 272 g/mol. The highest BCUT2D eigenvalue weighted by Gasteiger charge is 2.15. The molecule has 0 aliphatic rings. The van der Waals surface area contributed by atoms with Gasteiger partial charge in [0, 0.05) is 12.5 Å². The molecule has 0 atom stereocenters. The molecule has 0 amide bonds. The first-order valence-corrected chi connectivity index (χ1v) is 5.50. The van der Waals surface area contributed by atoms with E-state index in [1.807, 2.05) is 6.08 Å². The molecule has 0 N–H and O–H groups in total. The van der Waals surface area contributed by atoms with Crippen LogP contribution in [0, 0.1) is 0 Å². The van der Waals surface area contributed by atoms with Gasteiger partial charge in [0.1, 0.15) is 0 Å². The van der Waals surface area contributed by atoms with Gasteiger partial charge in [-0.2, -0.15) is 13.2 Å². The van der Waals surface area contributed by atoms with E-state index in [2.05, 4.69) is 19.7 Å². The van der Waals surface area contributed by atoms with E-state index in [0.29, 0.717) is 12.0 Å². The zero-order chi connectivity index (χ0) is 15.5. The van der Waals surface area contributed by atoms with Crippen LogP contribution in [0.5, 0.6) is 0 Å². The lowest BCUT2D eigenvalue weighted by molar-refractivity contribution is -0.113.